The Kier molecular flexibility index (Phi) is 6.55. The summed E-state index contributed by atoms with van der Waals surface area (Å²) >= 11 is 1.32. The number of carbonyl (C=O) groups excluding carboxylic acids is 3. The van der Waals surface area contributed by atoms with Crippen LogP contribution in [0.3, 0.4) is 0 Å². The number of thiazole rings is 1. The molecule has 2 aromatic carbocycles. The van der Waals surface area contributed by atoms with Crippen LogP contribution in [0.4, 0.5) is 10.8 Å². The summed E-state index contributed by atoms with van der Waals surface area (Å²) in [6.07, 6.45) is 0.417. The molecule has 1 aromatic heterocycles. The third-order valence-corrected chi connectivity index (χ3v) is 6.12. The lowest BCUT2D eigenvalue weighted by Crippen LogP contribution is -2.47. The van der Waals surface area contributed by atoms with E-state index >= 15 is 0 Å². The topological polar surface area (TPSA) is 88.6 Å². The molecule has 170 valence electrons. The molecule has 3 aromatic rings. The van der Waals surface area contributed by atoms with Gasteiger partial charge in [-0.15, -0.1) is 11.3 Å². The number of anilines is 2. The van der Waals surface area contributed by atoms with Crippen molar-refractivity contribution >= 4 is 39.8 Å². The third kappa shape index (κ3) is 4.96. The summed E-state index contributed by atoms with van der Waals surface area (Å²) in [4.78, 5) is 43.8. The fourth-order valence-corrected chi connectivity index (χ4v) is 4.34. The second-order valence-electron chi connectivity index (χ2n) is 7.99. The standard InChI is InChI=1S/C25H25N3O4S/c1-4-5-21(29)18-10-11-22-20(12-18)28(24(31)16(3)32-22)13-23(30)27-25-26-19(14-33-25)17-8-6-15(2)7-9-17/h6-12,14,16H,4-5,13H2,1-3H3,(H,26,27,30). The number of rotatable bonds is 7. The zero-order valence-corrected chi connectivity index (χ0v) is 19.6. The van der Waals surface area contributed by atoms with Crippen LogP contribution in [0.25, 0.3) is 11.3 Å². The van der Waals surface area contributed by atoms with E-state index in [-0.39, 0.29) is 24.1 Å². The molecule has 0 saturated heterocycles. The van der Waals surface area contributed by atoms with Gasteiger partial charge in [0.1, 0.15) is 12.3 Å². The number of carbonyl (C=O) groups is 3. The highest BCUT2D eigenvalue weighted by atomic mass is 32.1. The maximum atomic E-state index is 12.8. The lowest BCUT2D eigenvalue weighted by Gasteiger charge is -2.32. The molecule has 8 heteroatoms. The number of fused-ring (bicyclic) bond motifs is 1. The SMILES string of the molecule is CCCC(=O)c1ccc2c(c1)N(CC(=O)Nc1nc(-c3ccc(C)cc3)cs1)C(=O)C(C)O2. The molecular formula is C25H25N3O4S. The minimum absolute atomic E-state index is 0.0119. The normalized spacial score (nSPS) is 15.1. The largest absolute Gasteiger partial charge is 0.479 e. The van der Waals surface area contributed by atoms with E-state index in [9.17, 15) is 14.4 Å². The van der Waals surface area contributed by atoms with Gasteiger partial charge in [-0.3, -0.25) is 19.3 Å². The van der Waals surface area contributed by atoms with Crippen molar-refractivity contribution in [2.75, 3.05) is 16.8 Å². The molecule has 1 N–H and O–H groups in total. The molecule has 0 radical (unpaired) electrons. The van der Waals surface area contributed by atoms with Gasteiger partial charge in [-0.05, 0) is 38.5 Å². The maximum Gasteiger partial charge on any atom is 0.268 e. The Balaban J connectivity index is 1.52. The number of aromatic nitrogens is 1. The molecule has 0 spiro atoms. The molecule has 4 rings (SSSR count). The van der Waals surface area contributed by atoms with Gasteiger partial charge in [0.2, 0.25) is 5.91 Å². The maximum absolute atomic E-state index is 12.8. The van der Waals surface area contributed by atoms with E-state index in [1.807, 2.05) is 43.5 Å². The molecule has 33 heavy (non-hydrogen) atoms. The molecule has 0 bridgehead atoms. The lowest BCUT2D eigenvalue weighted by molar-refractivity contribution is -0.127. The van der Waals surface area contributed by atoms with Crippen LogP contribution in [0, 0.1) is 6.92 Å². The first-order chi connectivity index (χ1) is 15.9. The summed E-state index contributed by atoms with van der Waals surface area (Å²) in [5.74, 6) is -0.253. The second-order valence-corrected chi connectivity index (χ2v) is 8.85. The first kappa shape index (κ1) is 22.7. The Hall–Kier alpha value is -3.52. The van der Waals surface area contributed by atoms with Crippen LogP contribution < -0.4 is 15.0 Å². The van der Waals surface area contributed by atoms with Crippen LogP contribution in [0.2, 0.25) is 0 Å². The molecule has 1 unspecified atom stereocenters. The average molecular weight is 464 g/mol. The number of nitrogens with zero attached hydrogens (tertiary/aromatic N) is 2. The molecule has 1 atom stereocenters. The van der Waals surface area contributed by atoms with Gasteiger partial charge in [0.05, 0.1) is 11.4 Å². The van der Waals surface area contributed by atoms with Crippen LogP contribution in [-0.2, 0) is 9.59 Å². The Morgan fingerprint density at radius 2 is 1.94 bits per heavy atom. The van der Waals surface area contributed by atoms with E-state index in [0.717, 1.165) is 23.2 Å². The highest BCUT2D eigenvalue weighted by molar-refractivity contribution is 7.14. The number of amides is 2. The summed E-state index contributed by atoms with van der Waals surface area (Å²) in [5.41, 5.74) is 3.82. The summed E-state index contributed by atoms with van der Waals surface area (Å²) in [7, 11) is 0. The number of hydrogen-bond donors (Lipinski definition) is 1. The summed E-state index contributed by atoms with van der Waals surface area (Å²) < 4.78 is 5.69. The van der Waals surface area contributed by atoms with Crippen molar-refractivity contribution in [1.29, 1.82) is 0 Å². The number of nitrogens with one attached hydrogen (secondary N) is 1. The van der Waals surface area contributed by atoms with Crippen LogP contribution in [-0.4, -0.2) is 35.2 Å². The molecule has 0 fully saturated rings. The van der Waals surface area contributed by atoms with Crippen LogP contribution in [0.1, 0.15) is 42.6 Å². The van der Waals surface area contributed by atoms with Crippen molar-refractivity contribution < 1.29 is 19.1 Å². The van der Waals surface area contributed by atoms with E-state index in [4.69, 9.17) is 4.74 Å². The monoisotopic (exact) mass is 463 g/mol. The fourth-order valence-electron chi connectivity index (χ4n) is 3.61. The molecular weight excluding hydrogens is 438 g/mol. The van der Waals surface area contributed by atoms with Crippen LogP contribution in [0.5, 0.6) is 5.75 Å². The first-order valence-corrected chi connectivity index (χ1v) is 11.7. The zero-order valence-electron chi connectivity index (χ0n) is 18.8. The van der Waals surface area contributed by atoms with E-state index < -0.39 is 6.10 Å². The second kappa shape index (κ2) is 9.54. The molecule has 7 nitrogen and oxygen atoms in total. The Morgan fingerprint density at radius 3 is 2.67 bits per heavy atom. The average Bonchev–Trinajstić information content (AvgIpc) is 3.25. The molecule has 1 aliphatic heterocycles. The zero-order chi connectivity index (χ0) is 23.5. The number of aryl methyl sites for hydroxylation is 1. The predicted molar refractivity (Wildman–Crippen MR) is 129 cm³/mol. The van der Waals surface area contributed by atoms with Crippen molar-refractivity contribution in [2.24, 2.45) is 0 Å². The van der Waals surface area contributed by atoms with Gasteiger partial charge in [0.25, 0.3) is 5.91 Å². The number of Topliss-reactive ketones (excluding diaryl/α,β-unsaturated/α-hetero) is 1. The molecule has 0 saturated carbocycles. The van der Waals surface area contributed by atoms with Gasteiger partial charge >= 0.3 is 0 Å². The van der Waals surface area contributed by atoms with Crippen molar-refractivity contribution in [3.8, 4) is 17.0 Å². The van der Waals surface area contributed by atoms with Crippen molar-refractivity contribution in [1.82, 2.24) is 4.98 Å². The lowest BCUT2D eigenvalue weighted by atomic mass is 10.0. The molecule has 1 aliphatic rings. The third-order valence-electron chi connectivity index (χ3n) is 5.37. The quantitative estimate of drug-likeness (QED) is 0.506. The van der Waals surface area contributed by atoms with E-state index in [2.05, 4.69) is 10.3 Å². The van der Waals surface area contributed by atoms with Gasteiger partial charge in [-0.25, -0.2) is 4.98 Å². The summed E-state index contributed by atoms with van der Waals surface area (Å²) in [6.45, 7) is 5.39. The number of ether oxygens (including phenoxy) is 1. The Morgan fingerprint density at radius 1 is 1.18 bits per heavy atom. The highest BCUT2D eigenvalue weighted by Gasteiger charge is 2.33. The number of benzene rings is 2. The Labute approximate surface area is 196 Å². The number of ketones is 1. The summed E-state index contributed by atoms with van der Waals surface area (Å²) in [5, 5.41) is 5.11. The van der Waals surface area contributed by atoms with Crippen molar-refractivity contribution in [3.05, 3.63) is 59.0 Å². The molecule has 0 aliphatic carbocycles. The van der Waals surface area contributed by atoms with Gasteiger partial charge < -0.3 is 10.1 Å². The fraction of sp³-hybridized carbons (Fsp3) is 0.280. The Bertz CT molecular complexity index is 1200. The van der Waals surface area contributed by atoms with Gasteiger partial charge in [0, 0.05) is 22.9 Å². The van der Waals surface area contributed by atoms with E-state index in [1.54, 1.807) is 25.1 Å². The smallest absolute Gasteiger partial charge is 0.268 e. The van der Waals surface area contributed by atoms with Crippen molar-refractivity contribution in [2.45, 2.75) is 39.7 Å². The van der Waals surface area contributed by atoms with Crippen molar-refractivity contribution in [3.63, 3.8) is 0 Å². The van der Waals surface area contributed by atoms with Gasteiger partial charge in [-0.1, -0.05) is 36.8 Å². The van der Waals surface area contributed by atoms with Gasteiger partial charge in [0.15, 0.2) is 17.0 Å². The minimum atomic E-state index is -0.726. The van der Waals surface area contributed by atoms with Crippen LogP contribution >= 0.6 is 11.3 Å². The predicted octanol–water partition coefficient (Wildman–Crippen LogP) is 4.85. The van der Waals surface area contributed by atoms with Crippen LogP contribution in [0.15, 0.2) is 47.8 Å². The summed E-state index contributed by atoms with van der Waals surface area (Å²) in [6, 6.07) is 13.0. The first-order valence-electron chi connectivity index (χ1n) is 10.8. The molecule has 2 heterocycles. The minimum Gasteiger partial charge on any atom is -0.479 e. The van der Waals surface area contributed by atoms with E-state index in [1.165, 1.54) is 16.2 Å². The number of hydrogen-bond acceptors (Lipinski definition) is 6. The highest BCUT2D eigenvalue weighted by Crippen LogP contribution is 2.35. The molecule has 2 amide bonds. The van der Waals surface area contributed by atoms with Gasteiger partial charge in [-0.2, -0.15) is 0 Å². The van der Waals surface area contributed by atoms with E-state index in [0.29, 0.717) is 28.6 Å².